The Balaban J connectivity index is 1.46. The van der Waals surface area contributed by atoms with Gasteiger partial charge in [0.2, 0.25) is 0 Å². The highest BCUT2D eigenvalue weighted by Gasteiger charge is 2.35. The maximum absolute atomic E-state index is 14.1. The summed E-state index contributed by atoms with van der Waals surface area (Å²) < 4.78 is 15.6. The van der Waals surface area contributed by atoms with E-state index in [-0.39, 0.29) is 12.2 Å². The summed E-state index contributed by atoms with van der Waals surface area (Å²) in [5, 5.41) is 2.60. The number of benzene rings is 3. The second-order valence-corrected chi connectivity index (χ2v) is 14.4. The average molecular weight is 865 g/mol. The molecule has 3 heterocycles. The lowest BCUT2D eigenvalue weighted by atomic mass is 9.97. The molecule has 0 bridgehead atoms. The van der Waals surface area contributed by atoms with Crippen LogP contribution in [-0.2, 0) is 16.1 Å². The smallest absolute Gasteiger partial charge is 0.338 e. The summed E-state index contributed by atoms with van der Waals surface area (Å²) in [5.41, 5.74) is 3.19. The maximum Gasteiger partial charge on any atom is 0.338 e. The van der Waals surface area contributed by atoms with Crippen LogP contribution in [0.2, 0.25) is 5.02 Å². The fraction of sp³-hybridized carbons (Fsp3) is 0.121. The predicted octanol–water partition coefficient (Wildman–Crippen LogP) is 7.44. The number of hydrogen-bond acceptors (Lipinski definition) is 7. The highest BCUT2D eigenvalue weighted by Crippen LogP contribution is 2.37. The Kier molecular flexibility index (Phi) is 9.71. The normalized spacial score (nSPS) is 14.7. The van der Waals surface area contributed by atoms with E-state index < -0.39 is 12.0 Å². The van der Waals surface area contributed by atoms with Gasteiger partial charge in [-0.15, -0.1) is 11.3 Å². The molecule has 0 amide bonds. The van der Waals surface area contributed by atoms with Crippen molar-refractivity contribution in [1.82, 2.24) is 4.57 Å². The number of halogens is 3. The third-order valence-electron chi connectivity index (χ3n) is 6.83. The standard InChI is InChI=1S/C33H23ClI2N2O4S2/c1-2-41-32(40)27-28(20-9-4-3-5-10-20)37-33-38(29(27)25-13-8-14-43-25)31(39)26(44-33)17-19-15-23(35)30(24(36)16-19)42-18-21-11-6-7-12-22(21)34/h3-17,29H,2,18H2,1H3/b26-17-/t29-/m1/s1. The van der Waals surface area contributed by atoms with Gasteiger partial charge in [0.15, 0.2) is 4.80 Å². The molecule has 3 aromatic carbocycles. The van der Waals surface area contributed by atoms with E-state index in [9.17, 15) is 9.59 Å². The molecule has 0 N–H and O–H groups in total. The first-order valence-electron chi connectivity index (χ1n) is 13.5. The second-order valence-electron chi connectivity index (χ2n) is 9.64. The topological polar surface area (TPSA) is 69.9 Å². The van der Waals surface area contributed by atoms with Crippen LogP contribution < -0.4 is 19.6 Å². The number of hydrogen-bond donors (Lipinski definition) is 0. The van der Waals surface area contributed by atoms with Gasteiger partial charge in [-0.25, -0.2) is 9.79 Å². The molecule has 0 fully saturated rings. The van der Waals surface area contributed by atoms with Crippen molar-refractivity contribution in [2.24, 2.45) is 4.99 Å². The van der Waals surface area contributed by atoms with E-state index in [1.54, 1.807) is 11.5 Å². The first-order chi connectivity index (χ1) is 21.4. The van der Waals surface area contributed by atoms with Gasteiger partial charge < -0.3 is 9.47 Å². The van der Waals surface area contributed by atoms with Gasteiger partial charge in [-0.1, -0.05) is 77.5 Å². The Morgan fingerprint density at radius 2 is 1.77 bits per heavy atom. The summed E-state index contributed by atoms with van der Waals surface area (Å²) in [4.78, 5) is 33.9. The Labute approximate surface area is 293 Å². The number of carbonyl (C=O) groups is 1. The molecule has 222 valence electrons. The number of aromatic nitrogens is 1. The van der Waals surface area contributed by atoms with Crippen molar-refractivity contribution in [3.63, 3.8) is 0 Å². The first-order valence-corrected chi connectivity index (χ1v) is 17.8. The second kappa shape index (κ2) is 13.7. The predicted molar refractivity (Wildman–Crippen MR) is 193 cm³/mol. The lowest BCUT2D eigenvalue weighted by molar-refractivity contribution is -0.138. The van der Waals surface area contributed by atoms with Crippen LogP contribution in [0.5, 0.6) is 5.75 Å². The summed E-state index contributed by atoms with van der Waals surface area (Å²) in [5.74, 6) is 0.272. The Morgan fingerprint density at radius 3 is 2.45 bits per heavy atom. The van der Waals surface area contributed by atoms with Crippen molar-refractivity contribution in [2.75, 3.05) is 6.61 Å². The zero-order valence-corrected chi connectivity index (χ0v) is 29.8. The molecule has 0 spiro atoms. The highest BCUT2D eigenvalue weighted by atomic mass is 127. The van der Waals surface area contributed by atoms with E-state index in [2.05, 4.69) is 45.2 Å². The van der Waals surface area contributed by atoms with Crippen LogP contribution in [-0.4, -0.2) is 17.1 Å². The van der Waals surface area contributed by atoms with Crippen molar-refractivity contribution in [3.05, 3.63) is 143 Å². The maximum atomic E-state index is 14.1. The van der Waals surface area contributed by atoms with Crippen LogP contribution in [0, 0.1) is 7.14 Å². The number of carbonyl (C=O) groups excluding carboxylic acids is 1. The van der Waals surface area contributed by atoms with Crippen LogP contribution in [0.1, 0.15) is 34.5 Å². The van der Waals surface area contributed by atoms with Gasteiger partial charge >= 0.3 is 5.97 Å². The van der Waals surface area contributed by atoms with Gasteiger partial charge in [0, 0.05) is 21.0 Å². The van der Waals surface area contributed by atoms with Crippen LogP contribution in [0.25, 0.3) is 11.8 Å². The molecule has 6 nitrogen and oxygen atoms in total. The van der Waals surface area contributed by atoms with Gasteiger partial charge in [-0.3, -0.25) is 9.36 Å². The van der Waals surface area contributed by atoms with Crippen molar-refractivity contribution < 1.29 is 14.3 Å². The molecular weight excluding hydrogens is 842 g/mol. The molecule has 0 radical (unpaired) electrons. The monoisotopic (exact) mass is 864 g/mol. The molecule has 1 aliphatic rings. The van der Waals surface area contributed by atoms with Gasteiger partial charge in [0.25, 0.3) is 5.56 Å². The van der Waals surface area contributed by atoms with E-state index in [4.69, 9.17) is 26.1 Å². The van der Waals surface area contributed by atoms with Crippen LogP contribution in [0.15, 0.2) is 99.6 Å². The lowest BCUT2D eigenvalue weighted by Crippen LogP contribution is -2.39. The fourth-order valence-electron chi connectivity index (χ4n) is 4.87. The molecule has 44 heavy (non-hydrogen) atoms. The number of ether oxygens (including phenoxy) is 2. The highest BCUT2D eigenvalue weighted by molar-refractivity contribution is 14.1. The van der Waals surface area contributed by atoms with E-state index in [1.165, 1.54) is 22.7 Å². The minimum absolute atomic E-state index is 0.210. The third kappa shape index (κ3) is 6.32. The fourth-order valence-corrected chi connectivity index (χ4v) is 9.02. The molecule has 6 rings (SSSR count). The van der Waals surface area contributed by atoms with Crippen LogP contribution in [0.3, 0.4) is 0 Å². The number of nitrogens with zero attached hydrogens (tertiary/aromatic N) is 2. The molecule has 11 heteroatoms. The minimum Gasteiger partial charge on any atom is -0.487 e. The van der Waals surface area contributed by atoms with Gasteiger partial charge in [0.05, 0.1) is 29.5 Å². The van der Waals surface area contributed by atoms with Gasteiger partial charge in [-0.2, -0.15) is 0 Å². The number of esters is 1. The largest absolute Gasteiger partial charge is 0.487 e. The van der Waals surface area contributed by atoms with Crippen molar-refractivity contribution in [3.8, 4) is 5.75 Å². The minimum atomic E-state index is -0.663. The first kappa shape index (κ1) is 31.2. The van der Waals surface area contributed by atoms with Crippen molar-refractivity contribution >= 4 is 97.2 Å². The Bertz CT molecular complexity index is 2050. The lowest BCUT2D eigenvalue weighted by Gasteiger charge is -2.24. The number of thiazole rings is 1. The molecule has 0 saturated heterocycles. The summed E-state index contributed by atoms with van der Waals surface area (Å²) in [6.45, 7) is 2.33. The van der Waals surface area contributed by atoms with E-state index in [0.29, 0.717) is 32.2 Å². The zero-order chi connectivity index (χ0) is 30.8. The quantitative estimate of drug-likeness (QED) is 0.120. The number of thiophene rings is 1. The third-order valence-corrected chi connectivity index (χ3v) is 10.7. The number of fused-ring (bicyclic) bond motifs is 1. The molecular formula is C33H23ClI2N2O4S2. The molecule has 1 atom stereocenters. The summed E-state index contributed by atoms with van der Waals surface area (Å²) >= 11 is 13.6. The van der Waals surface area contributed by atoms with Gasteiger partial charge in [-0.05, 0) is 93.4 Å². The van der Waals surface area contributed by atoms with E-state index in [1.807, 2.05) is 90.3 Å². The van der Waals surface area contributed by atoms with Crippen LogP contribution >= 0.6 is 79.5 Å². The summed E-state index contributed by atoms with van der Waals surface area (Å²) in [7, 11) is 0. The summed E-state index contributed by atoms with van der Waals surface area (Å²) in [6.07, 6.45) is 1.87. The molecule has 5 aromatic rings. The van der Waals surface area contributed by atoms with Crippen molar-refractivity contribution in [1.29, 1.82) is 0 Å². The Morgan fingerprint density at radius 1 is 1.05 bits per heavy atom. The summed E-state index contributed by atoms with van der Waals surface area (Å²) in [6, 6.07) is 24.3. The van der Waals surface area contributed by atoms with E-state index >= 15 is 0 Å². The number of rotatable bonds is 8. The van der Waals surface area contributed by atoms with Crippen molar-refractivity contribution in [2.45, 2.75) is 19.6 Å². The molecule has 0 saturated carbocycles. The molecule has 2 aromatic heterocycles. The van der Waals surface area contributed by atoms with Gasteiger partial charge in [0.1, 0.15) is 18.4 Å². The SMILES string of the molecule is CCOC(=O)C1=C(c2ccccc2)N=c2s/c(=C\c3cc(I)c(OCc4ccccc4Cl)c(I)c3)c(=O)n2[C@@H]1c1cccs1. The van der Waals surface area contributed by atoms with E-state index in [0.717, 1.165) is 34.5 Å². The Hall–Kier alpha value is -2.78. The molecule has 0 unspecified atom stereocenters. The average Bonchev–Trinajstić information content (AvgIpc) is 3.66. The molecule has 0 aliphatic carbocycles. The molecule has 1 aliphatic heterocycles. The van der Waals surface area contributed by atoms with Crippen LogP contribution in [0.4, 0.5) is 0 Å². The zero-order valence-electron chi connectivity index (χ0n) is 23.1.